The van der Waals surface area contributed by atoms with Gasteiger partial charge in [-0.25, -0.2) is 15.0 Å². The highest BCUT2D eigenvalue weighted by Crippen LogP contribution is 2.18. The third-order valence-electron chi connectivity index (χ3n) is 4.37. The van der Waals surface area contributed by atoms with Crippen LogP contribution in [0.2, 0.25) is 0 Å². The molecule has 0 aliphatic carbocycles. The molecule has 3 aromatic rings. The first-order valence-electron chi connectivity index (χ1n) is 8.11. The van der Waals surface area contributed by atoms with Crippen LogP contribution in [0.5, 0.6) is 0 Å². The second-order valence-electron chi connectivity index (χ2n) is 5.87. The van der Waals surface area contributed by atoms with Gasteiger partial charge in [-0.3, -0.25) is 9.36 Å². The summed E-state index contributed by atoms with van der Waals surface area (Å²) in [5, 5.41) is 3.84. The van der Waals surface area contributed by atoms with Gasteiger partial charge >= 0.3 is 0 Å². The van der Waals surface area contributed by atoms with E-state index in [1.807, 2.05) is 45.5 Å². The van der Waals surface area contributed by atoms with Crippen molar-refractivity contribution < 1.29 is 4.79 Å². The number of hydrogen-bond acceptors (Lipinski definition) is 6. The Morgan fingerprint density at radius 2 is 1.92 bits per heavy atom. The first kappa shape index (κ1) is 15.8. The monoisotopic (exact) mass is 354 g/mol. The van der Waals surface area contributed by atoms with Gasteiger partial charge in [0.25, 0.3) is 5.91 Å². The topological polar surface area (TPSA) is 67.2 Å². The molecule has 0 bridgehead atoms. The predicted octanol–water partition coefficient (Wildman–Crippen LogP) is 1.99. The van der Waals surface area contributed by atoms with Crippen molar-refractivity contribution in [2.45, 2.75) is 6.92 Å². The summed E-state index contributed by atoms with van der Waals surface area (Å²) in [5.41, 5.74) is 0.776. The summed E-state index contributed by atoms with van der Waals surface area (Å²) in [6, 6.07) is 3.84. The lowest BCUT2D eigenvalue weighted by Gasteiger charge is -2.35. The van der Waals surface area contributed by atoms with Crippen LogP contribution >= 0.6 is 11.3 Å². The summed E-state index contributed by atoms with van der Waals surface area (Å²) in [4.78, 5) is 29.5. The smallest absolute Gasteiger partial charge is 0.254 e. The zero-order valence-corrected chi connectivity index (χ0v) is 14.7. The minimum atomic E-state index is 0.110. The maximum Gasteiger partial charge on any atom is 0.254 e. The first-order chi connectivity index (χ1) is 12.2. The van der Waals surface area contributed by atoms with E-state index in [0.29, 0.717) is 13.1 Å². The Balaban J connectivity index is 1.46. The lowest BCUT2D eigenvalue weighted by molar-refractivity contribution is 0.0747. The van der Waals surface area contributed by atoms with Crippen LogP contribution < -0.4 is 4.90 Å². The van der Waals surface area contributed by atoms with Gasteiger partial charge in [-0.15, -0.1) is 0 Å². The average molecular weight is 354 g/mol. The highest BCUT2D eigenvalue weighted by atomic mass is 32.1. The molecule has 1 aliphatic heterocycles. The van der Waals surface area contributed by atoms with Crippen molar-refractivity contribution in [1.29, 1.82) is 0 Å². The van der Waals surface area contributed by atoms with E-state index in [4.69, 9.17) is 0 Å². The predicted molar refractivity (Wildman–Crippen MR) is 96.3 cm³/mol. The molecule has 3 aromatic heterocycles. The number of thiophene rings is 1. The van der Waals surface area contributed by atoms with Gasteiger partial charge in [-0.2, -0.15) is 11.3 Å². The summed E-state index contributed by atoms with van der Waals surface area (Å²) < 4.78 is 1.93. The molecule has 8 heteroatoms. The average Bonchev–Trinajstić information content (AvgIpc) is 3.33. The Morgan fingerprint density at radius 1 is 1.12 bits per heavy atom. The molecule has 1 aliphatic rings. The second kappa shape index (κ2) is 6.64. The molecule has 4 rings (SSSR count). The van der Waals surface area contributed by atoms with Crippen LogP contribution in [0.1, 0.15) is 16.2 Å². The van der Waals surface area contributed by atoms with Crippen molar-refractivity contribution in [2.24, 2.45) is 0 Å². The Bertz CT molecular complexity index is 867. The van der Waals surface area contributed by atoms with Gasteiger partial charge in [0.1, 0.15) is 23.8 Å². The minimum Gasteiger partial charge on any atom is -0.353 e. The molecule has 0 unspecified atom stereocenters. The van der Waals surface area contributed by atoms with E-state index < -0.39 is 0 Å². The van der Waals surface area contributed by atoms with Gasteiger partial charge in [0.2, 0.25) is 0 Å². The quantitative estimate of drug-likeness (QED) is 0.720. The molecule has 0 aromatic carbocycles. The molecule has 0 saturated carbocycles. The van der Waals surface area contributed by atoms with E-state index in [0.717, 1.165) is 36.1 Å². The number of aryl methyl sites for hydroxylation is 1. The fourth-order valence-electron chi connectivity index (χ4n) is 2.97. The second-order valence-corrected chi connectivity index (χ2v) is 6.65. The van der Waals surface area contributed by atoms with Crippen LogP contribution in [-0.2, 0) is 0 Å². The first-order valence-corrected chi connectivity index (χ1v) is 9.05. The molecule has 0 atom stereocenters. The zero-order chi connectivity index (χ0) is 17.2. The summed E-state index contributed by atoms with van der Waals surface area (Å²) in [5.74, 6) is 2.67. The maximum absolute atomic E-state index is 12.4. The van der Waals surface area contributed by atoms with E-state index in [9.17, 15) is 4.79 Å². The minimum absolute atomic E-state index is 0.110. The number of amides is 1. The zero-order valence-electron chi connectivity index (χ0n) is 13.9. The van der Waals surface area contributed by atoms with Crippen molar-refractivity contribution in [3.8, 4) is 5.82 Å². The number of carbonyl (C=O) groups is 1. The molecular weight excluding hydrogens is 336 g/mol. The van der Waals surface area contributed by atoms with Gasteiger partial charge in [0, 0.05) is 50.0 Å². The van der Waals surface area contributed by atoms with Crippen LogP contribution in [0.4, 0.5) is 5.82 Å². The van der Waals surface area contributed by atoms with Crippen LogP contribution in [0.15, 0.2) is 41.6 Å². The van der Waals surface area contributed by atoms with Gasteiger partial charge in [0.05, 0.1) is 5.56 Å². The molecule has 7 nitrogen and oxygen atoms in total. The largest absolute Gasteiger partial charge is 0.353 e. The molecule has 0 N–H and O–H groups in total. The number of nitrogens with zero attached hydrogens (tertiary/aromatic N) is 6. The molecule has 25 heavy (non-hydrogen) atoms. The summed E-state index contributed by atoms with van der Waals surface area (Å²) in [7, 11) is 0. The van der Waals surface area contributed by atoms with Crippen LogP contribution in [0, 0.1) is 6.92 Å². The summed E-state index contributed by atoms with van der Waals surface area (Å²) in [6.07, 6.45) is 5.22. The highest BCUT2D eigenvalue weighted by molar-refractivity contribution is 7.08. The molecule has 1 fully saturated rings. The highest BCUT2D eigenvalue weighted by Gasteiger charge is 2.23. The summed E-state index contributed by atoms with van der Waals surface area (Å²) >= 11 is 1.55. The molecular formula is C17H18N6OS. The van der Waals surface area contributed by atoms with Crippen molar-refractivity contribution in [1.82, 2.24) is 24.4 Å². The van der Waals surface area contributed by atoms with Crippen molar-refractivity contribution in [2.75, 3.05) is 31.1 Å². The SMILES string of the molecule is Cc1nccn1-c1cc(N2CCN(C(=O)c3ccsc3)CC2)ncn1. The Labute approximate surface area is 149 Å². The third kappa shape index (κ3) is 3.12. The molecule has 1 saturated heterocycles. The van der Waals surface area contributed by atoms with Crippen LogP contribution in [0.25, 0.3) is 5.82 Å². The van der Waals surface area contributed by atoms with Gasteiger partial charge in [-0.05, 0) is 18.4 Å². The maximum atomic E-state index is 12.4. The van der Waals surface area contributed by atoms with E-state index >= 15 is 0 Å². The molecule has 4 heterocycles. The molecule has 0 radical (unpaired) electrons. The van der Waals surface area contributed by atoms with Crippen molar-refractivity contribution in [3.05, 3.63) is 53.0 Å². The lowest BCUT2D eigenvalue weighted by atomic mass is 10.2. The van der Waals surface area contributed by atoms with Crippen LogP contribution in [-0.4, -0.2) is 56.5 Å². The number of imidazole rings is 1. The molecule has 128 valence electrons. The number of hydrogen-bond donors (Lipinski definition) is 0. The van der Waals surface area contributed by atoms with Gasteiger partial charge in [-0.1, -0.05) is 0 Å². The van der Waals surface area contributed by atoms with E-state index in [2.05, 4.69) is 19.9 Å². The number of carbonyl (C=O) groups excluding carboxylic acids is 1. The standard InChI is InChI=1S/C17H18N6OS/c1-13-18-3-4-23(13)16-10-15(19-12-20-16)21-5-7-22(8-6-21)17(24)14-2-9-25-11-14/h2-4,9-12H,5-8H2,1H3. The number of piperazine rings is 1. The van der Waals surface area contributed by atoms with E-state index in [-0.39, 0.29) is 5.91 Å². The molecule has 1 amide bonds. The Kier molecular flexibility index (Phi) is 4.19. The van der Waals surface area contributed by atoms with Crippen LogP contribution in [0.3, 0.4) is 0 Å². The third-order valence-corrected chi connectivity index (χ3v) is 5.05. The molecule has 0 spiro atoms. The number of aromatic nitrogens is 4. The van der Waals surface area contributed by atoms with Gasteiger partial charge < -0.3 is 9.80 Å². The normalized spacial score (nSPS) is 14.8. The Morgan fingerprint density at radius 3 is 2.60 bits per heavy atom. The van der Waals surface area contributed by atoms with Crippen molar-refractivity contribution >= 4 is 23.1 Å². The Hall–Kier alpha value is -2.74. The van der Waals surface area contributed by atoms with E-state index in [1.165, 1.54) is 0 Å². The summed E-state index contributed by atoms with van der Waals surface area (Å²) in [6.45, 7) is 4.84. The van der Waals surface area contributed by atoms with Crippen molar-refractivity contribution in [3.63, 3.8) is 0 Å². The lowest BCUT2D eigenvalue weighted by Crippen LogP contribution is -2.49. The fraction of sp³-hybridized carbons (Fsp3) is 0.294. The number of anilines is 1. The van der Waals surface area contributed by atoms with E-state index in [1.54, 1.807) is 23.9 Å². The fourth-order valence-corrected chi connectivity index (χ4v) is 3.60. The number of rotatable bonds is 3. The van der Waals surface area contributed by atoms with Gasteiger partial charge in [0.15, 0.2) is 0 Å².